The molecule has 5 nitrogen and oxygen atoms in total. The minimum Gasteiger partial charge on any atom is -0.481 e. The lowest BCUT2D eigenvalue weighted by Crippen LogP contribution is -2.45. The van der Waals surface area contributed by atoms with Gasteiger partial charge in [0.1, 0.15) is 0 Å². The van der Waals surface area contributed by atoms with Crippen LogP contribution in [0.1, 0.15) is 24.8 Å². The van der Waals surface area contributed by atoms with Gasteiger partial charge in [0, 0.05) is 17.1 Å². The third-order valence-electron chi connectivity index (χ3n) is 3.52. The van der Waals surface area contributed by atoms with Crippen molar-refractivity contribution in [3.63, 3.8) is 0 Å². The second-order valence-electron chi connectivity index (χ2n) is 4.94. The van der Waals surface area contributed by atoms with Gasteiger partial charge in [-0.1, -0.05) is 34.5 Å². The number of carbonyl (C=O) groups excluding carboxylic acids is 1. The average molecular weight is 341 g/mol. The van der Waals surface area contributed by atoms with Crippen LogP contribution < -0.4 is 10.6 Å². The van der Waals surface area contributed by atoms with E-state index in [2.05, 4.69) is 26.6 Å². The van der Waals surface area contributed by atoms with Gasteiger partial charge in [0.15, 0.2) is 0 Å². The maximum absolute atomic E-state index is 11.8. The van der Waals surface area contributed by atoms with Crippen LogP contribution in [0.25, 0.3) is 0 Å². The number of hydrogen-bond donors (Lipinski definition) is 3. The summed E-state index contributed by atoms with van der Waals surface area (Å²) in [7, 11) is 0. The summed E-state index contributed by atoms with van der Waals surface area (Å²) < 4.78 is 0.987. The van der Waals surface area contributed by atoms with Crippen molar-refractivity contribution >= 4 is 27.9 Å². The van der Waals surface area contributed by atoms with Crippen LogP contribution in [-0.4, -0.2) is 23.1 Å². The van der Waals surface area contributed by atoms with Crippen molar-refractivity contribution in [2.24, 2.45) is 5.92 Å². The van der Waals surface area contributed by atoms with Crippen molar-refractivity contribution in [3.8, 4) is 0 Å². The third-order valence-corrected chi connectivity index (χ3v) is 4.04. The first kappa shape index (κ1) is 14.8. The Morgan fingerprint density at radius 2 is 1.95 bits per heavy atom. The predicted molar refractivity (Wildman–Crippen MR) is 78.3 cm³/mol. The van der Waals surface area contributed by atoms with Crippen LogP contribution in [0.3, 0.4) is 0 Å². The number of carboxylic acid groups (broad SMARTS) is 1. The number of carboxylic acids is 1. The fourth-order valence-electron chi connectivity index (χ4n) is 2.43. The van der Waals surface area contributed by atoms with Gasteiger partial charge >= 0.3 is 12.0 Å². The Morgan fingerprint density at radius 3 is 2.60 bits per heavy atom. The summed E-state index contributed by atoms with van der Waals surface area (Å²) in [4.78, 5) is 22.8. The fourth-order valence-corrected chi connectivity index (χ4v) is 2.70. The molecule has 0 spiro atoms. The van der Waals surface area contributed by atoms with E-state index in [1.54, 1.807) is 0 Å². The van der Waals surface area contributed by atoms with Gasteiger partial charge in [0.05, 0.1) is 5.92 Å². The lowest BCUT2D eigenvalue weighted by molar-refractivity contribution is -0.142. The number of urea groups is 1. The van der Waals surface area contributed by atoms with Crippen LogP contribution in [0.5, 0.6) is 0 Å². The highest BCUT2D eigenvalue weighted by atomic mass is 79.9. The molecule has 6 heteroatoms. The standard InChI is InChI=1S/C14H17BrN2O3/c15-10-6-4-9(5-7-10)8-16-14(20)17-12-3-1-2-11(12)13(18)19/h4-7,11-12H,1-3,8H2,(H,18,19)(H2,16,17,20). The maximum atomic E-state index is 11.8. The van der Waals surface area contributed by atoms with E-state index in [1.807, 2.05) is 24.3 Å². The Morgan fingerprint density at radius 1 is 1.25 bits per heavy atom. The number of aliphatic carboxylic acids is 1. The Balaban J connectivity index is 1.80. The summed E-state index contributed by atoms with van der Waals surface area (Å²) in [6.07, 6.45) is 2.20. The van der Waals surface area contributed by atoms with E-state index >= 15 is 0 Å². The van der Waals surface area contributed by atoms with Crippen LogP contribution in [0.15, 0.2) is 28.7 Å². The molecule has 0 heterocycles. The predicted octanol–water partition coefficient (Wildman–Crippen LogP) is 2.50. The molecule has 1 aromatic carbocycles. The first-order valence-electron chi connectivity index (χ1n) is 6.58. The van der Waals surface area contributed by atoms with E-state index in [4.69, 9.17) is 5.11 Å². The SMILES string of the molecule is O=C(NCc1ccc(Br)cc1)NC1CCCC1C(=O)O. The molecule has 1 fully saturated rings. The zero-order chi connectivity index (χ0) is 14.5. The zero-order valence-corrected chi connectivity index (χ0v) is 12.5. The minimum absolute atomic E-state index is 0.266. The minimum atomic E-state index is -0.833. The largest absolute Gasteiger partial charge is 0.481 e. The summed E-state index contributed by atoms with van der Waals surface area (Å²) in [6.45, 7) is 0.420. The number of benzene rings is 1. The summed E-state index contributed by atoms with van der Waals surface area (Å²) in [5.74, 6) is -1.30. The Labute approximate surface area is 125 Å². The molecule has 0 saturated heterocycles. The monoisotopic (exact) mass is 340 g/mol. The van der Waals surface area contributed by atoms with E-state index in [-0.39, 0.29) is 12.1 Å². The average Bonchev–Trinajstić information content (AvgIpc) is 2.86. The second-order valence-corrected chi connectivity index (χ2v) is 5.85. The lowest BCUT2D eigenvalue weighted by atomic mass is 10.0. The second kappa shape index (κ2) is 6.74. The molecule has 20 heavy (non-hydrogen) atoms. The Bertz CT molecular complexity index is 490. The number of rotatable bonds is 4. The van der Waals surface area contributed by atoms with Gasteiger partial charge in [-0.3, -0.25) is 4.79 Å². The molecular formula is C14H17BrN2O3. The van der Waals surface area contributed by atoms with Gasteiger partial charge in [-0.15, -0.1) is 0 Å². The molecule has 2 unspecified atom stereocenters. The highest BCUT2D eigenvalue weighted by Crippen LogP contribution is 2.25. The quantitative estimate of drug-likeness (QED) is 0.787. The molecule has 1 aliphatic carbocycles. The molecule has 1 aromatic rings. The molecule has 2 rings (SSSR count). The maximum Gasteiger partial charge on any atom is 0.315 e. The zero-order valence-electron chi connectivity index (χ0n) is 10.9. The molecule has 108 valence electrons. The molecule has 3 N–H and O–H groups in total. The first-order valence-corrected chi connectivity index (χ1v) is 7.37. The van der Waals surface area contributed by atoms with Gasteiger partial charge in [-0.25, -0.2) is 4.79 Å². The van der Waals surface area contributed by atoms with Crippen LogP contribution in [0.2, 0.25) is 0 Å². The summed E-state index contributed by atoms with van der Waals surface area (Å²) in [5.41, 5.74) is 0.990. The molecule has 2 amide bonds. The number of hydrogen-bond acceptors (Lipinski definition) is 2. The smallest absolute Gasteiger partial charge is 0.315 e. The molecular weight excluding hydrogens is 324 g/mol. The van der Waals surface area contributed by atoms with E-state index in [0.717, 1.165) is 22.9 Å². The van der Waals surface area contributed by atoms with Crippen molar-refractivity contribution in [2.75, 3.05) is 0 Å². The Hall–Kier alpha value is -1.56. The van der Waals surface area contributed by atoms with Crippen molar-refractivity contribution in [1.82, 2.24) is 10.6 Å². The highest BCUT2D eigenvalue weighted by molar-refractivity contribution is 9.10. The van der Waals surface area contributed by atoms with Crippen LogP contribution in [0, 0.1) is 5.92 Å². The first-order chi connectivity index (χ1) is 9.56. The molecule has 1 aliphatic rings. The number of nitrogens with one attached hydrogen (secondary N) is 2. The van der Waals surface area contributed by atoms with Crippen molar-refractivity contribution in [3.05, 3.63) is 34.3 Å². The van der Waals surface area contributed by atoms with Gasteiger partial charge in [0.25, 0.3) is 0 Å². The summed E-state index contributed by atoms with van der Waals surface area (Å²) in [5, 5.41) is 14.6. The van der Waals surface area contributed by atoms with E-state index in [0.29, 0.717) is 13.0 Å². The van der Waals surface area contributed by atoms with Crippen LogP contribution in [0.4, 0.5) is 4.79 Å². The molecule has 0 aromatic heterocycles. The van der Waals surface area contributed by atoms with Gasteiger partial charge in [-0.05, 0) is 30.5 Å². The number of halogens is 1. The normalized spacial score (nSPS) is 21.4. The number of amides is 2. The topological polar surface area (TPSA) is 78.4 Å². The summed E-state index contributed by atoms with van der Waals surface area (Å²) >= 11 is 3.35. The molecule has 0 bridgehead atoms. The van der Waals surface area contributed by atoms with Crippen LogP contribution >= 0.6 is 15.9 Å². The highest BCUT2D eigenvalue weighted by Gasteiger charge is 2.33. The molecule has 2 atom stereocenters. The van der Waals surface area contributed by atoms with Gasteiger partial charge in [0.2, 0.25) is 0 Å². The van der Waals surface area contributed by atoms with Crippen LogP contribution in [-0.2, 0) is 11.3 Å². The molecule has 1 saturated carbocycles. The van der Waals surface area contributed by atoms with Gasteiger partial charge < -0.3 is 15.7 Å². The fraction of sp³-hybridized carbons (Fsp3) is 0.429. The molecule has 0 radical (unpaired) electrons. The van der Waals surface area contributed by atoms with Crippen molar-refractivity contribution in [1.29, 1.82) is 0 Å². The van der Waals surface area contributed by atoms with E-state index in [1.165, 1.54) is 0 Å². The van der Waals surface area contributed by atoms with E-state index in [9.17, 15) is 9.59 Å². The number of carbonyl (C=O) groups is 2. The van der Waals surface area contributed by atoms with Crippen molar-refractivity contribution < 1.29 is 14.7 Å². The van der Waals surface area contributed by atoms with Gasteiger partial charge in [-0.2, -0.15) is 0 Å². The van der Waals surface area contributed by atoms with E-state index < -0.39 is 11.9 Å². The third kappa shape index (κ3) is 3.96. The summed E-state index contributed by atoms with van der Waals surface area (Å²) in [6, 6.07) is 7.07. The Kier molecular flexibility index (Phi) is 5.00. The molecule has 0 aliphatic heterocycles. The lowest BCUT2D eigenvalue weighted by Gasteiger charge is -2.18. The van der Waals surface area contributed by atoms with Crippen molar-refractivity contribution in [2.45, 2.75) is 31.8 Å².